The molecule has 1 heterocycles. The van der Waals surface area contributed by atoms with Crippen LogP contribution in [0.1, 0.15) is 22.3 Å². The summed E-state index contributed by atoms with van der Waals surface area (Å²) in [6.45, 7) is 2.38. The van der Waals surface area contributed by atoms with E-state index in [9.17, 15) is 18.4 Å². The lowest BCUT2D eigenvalue weighted by atomic mass is 9.98. The largest absolute Gasteiger partial charge is 0.481 e. The molecule has 1 N–H and O–H groups in total. The Hall–Kier alpha value is -2.80. The average molecular weight is 375 g/mol. The summed E-state index contributed by atoms with van der Waals surface area (Å²) < 4.78 is 33.2. The number of nitrogens with zero attached hydrogens (tertiary/aromatic N) is 1. The van der Waals surface area contributed by atoms with Crippen molar-refractivity contribution in [3.8, 4) is 11.1 Å². The van der Waals surface area contributed by atoms with Crippen LogP contribution in [0.4, 0.5) is 8.78 Å². The third kappa shape index (κ3) is 4.31. The Morgan fingerprint density at radius 2 is 1.93 bits per heavy atom. The molecule has 1 aliphatic heterocycles. The third-order valence-corrected chi connectivity index (χ3v) is 4.52. The molecule has 5 nitrogen and oxygen atoms in total. The van der Waals surface area contributed by atoms with Crippen molar-refractivity contribution in [2.75, 3.05) is 19.7 Å². The molecule has 1 saturated heterocycles. The number of ether oxygens (including phenoxy) is 1. The number of carbonyl (C=O) groups excluding carboxylic acids is 1. The first-order valence-electron chi connectivity index (χ1n) is 8.54. The molecule has 0 unspecified atom stereocenters. The van der Waals surface area contributed by atoms with Crippen LogP contribution >= 0.6 is 0 Å². The molecular weight excluding hydrogens is 356 g/mol. The zero-order chi connectivity index (χ0) is 19.6. The van der Waals surface area contributed by atoms with E-state index in [2.05, 4.69) is 0 Å². The topological polar surface area (TPSA) is 66.8 Å². The molecular formula is C20H19F2NO4. The summed E-state index contributed by atoms with van der Waals surface area (Å²) in [7, 11) is 0. The fourth-order valence-electron chi connectivity index (χ4n) is 3.20. The zero-order valence-electron chi connectivity index (χ0n) is 14.7. The highest BCUT2D eigenvalue weighted by Crippen LogP contribution is 2.28. The summed E-state index contributed by atoms with van der Waals surface area (Å²) in [5.74, 6) is -2.35. The lowest BCUT2D eigenvalue weighted by Gasteiger charge is -2.32. The number of rotatable bonds is 4. The maximum atomic E-state index is 14.6. The summed E-state index contributed by atoms with van der Waals surface area (Å²) in [4.78, 5) is 24.9. The van der Waals surface area contributed by atoms with E-state index in [1.807, 2.05) is 0 Å². The smallest absolute Gasteiger partial charge is 0.306 e. The molecule has 27 heavy (non-hydrogen) atoms. The average Bonchev–Trinajstić information content (AvgIpc) is 2.61. The Kier molecular flexibility index (Phi) is 5.51. The molecule has 3 rings (SSSR count). The van der Waals surface area contributed by atoms with E-state index in [0.717, 1.165) is 6.07 Å². The lowest BCUT2D eigenvalue weighted by molar-refractivity contribution is -0.141. The Bertz CT molecular complexity index is 884. The van der Waals surface area contributed by atoms with E-state index in [4.69, 9.17) is 9.84 Å². The van der Waals surface area contributed by atoms with Crippen molar-refractivity contribution >= 4 is 11.9 Å². The normalized spacial score (nSPS) is 17.0. The van der Waals surface area contributed by atoms with Gasteiger partial charge >= 0.3 is 5.97 Å². The van der Waals surface area contributed by atoms with Gasteiger partial charge in [-0.15, -0.1) is 0 Å². The molecule has 1 aliphatic rings. The van der Waals surface area contributed by atoms with E-state index < -0.39 is 23.7 Å². The van der Waals surface area contributed by atoms with Crippen molar-refractivity contribution in [2.45, 2.75) is 19.4 Å². The monoisotopic (exact) mass is 375 g/mol. The van der Waals surface area contributed by atoms with Gasteiger partial charge in [0.25, 0.3) is 5.91 Å². The highest BCUT2D eigenvalue weighted by molar-refractivity contribution is 5.95. The van der Waals surface area contributed by atoms with Crippen LogP contribution < -0.4 is 0 Å². The Labute approximate surface area is 155 Å². The van der Waals surface area contributed by atoms with E-state index in [0.29, 0.717) is 17.7 Å². The van der Waals surface area contributed by atoms with Gasteiger partial charge < -0.3 is 14.7 Å². The van der Waals surface area contributed by atoms with Crippen LogP contribution in [0.15, 0.2) is 36.4 Å². The second kappa shape index (κ2) is 7.84. The van der Waals surface area contributed by atoms with Crippen LogP contribution in [0, 0.1) is 18.6 Å². The second-order valence-electron chi connectivity index (χ2n) is 6.50. The predicted octanol–water partition coefficient (Wildman–Crippen LogP) is 3.26. The Morgan fingerprint density at radius 1 is 1.19 bits per heavy atom. The van der Waals surface area contributed by atoms with Gasteiger partial charge in [-0.1, -0.05) is 12.1 Å². The molecule has 0 aliphatic carbocycles. The number of amides is 1. The number of morpholine rings is 1. The standard InChI is InChI=1S/C20H19F2NO4/c1-12-8-14(21)3-5-16(12)17-4-2-13(9-18(17)22)20(26)23-6-7-27-15(11-23)10-19(24)25/h2-5,8-9,15H,6-7,10-11H2,1H3,(H,24,25)/t15-/m1/s1. The number of carbonyl (C=O) groups is 2. The lowest BCUT2D eigenvalue weighted by Crippen LogP contribution is -2.46. The second-order valence-corrected chi connectivity index (χ2v) is 6.50. The summed E-state index contributed by atoms with van der Waals surface area (Å²) in [5.41, 5.74) is 1.61. The molecule has 0 saturated carbocycles. The minimum Gasteiger partial charge on any atom is -0.481 e. The highest BCUT2D eigenvalue weighted by Gasteiger charge is 2.27. The van der Waals surface area contributed by atoms with Crippen LogP contribution in [0.3, 0.4) is 0 Å². The van der Waals surface area contributed by atoms with Crippen molar-refractivity contribution in [3.63, 3.8) is 0 Å². The summed E-state index contributed by atoms with van der Waals surface area (Å²) in [6, 6.07) is 8.26. The van der Waals surface area contributed by atoms with E-state index in [1.54, 1.807) is 6.92 Å². The minimum absolute atomic E-state index is 0.144. The van der Waals surface area contributed by atoms with Crippen LogP contribution in [0.25, 0.3) is 11.1 Å². The molecule has 1 atom stereocenters. The molecule has 0 bridgehead atoms. The van der Waals surface area contributed by atoms with Crippen LogP contribution in [0.2, 0.25) is 0 Å². The first-order chi connectivity index (χ1) is 12.8. The van der Waals surface area contributed by atoms with Gasteiger partial charge in [-0.2, -0.15) is 0 Å². The molecule has 1 fully saturated rings. The SMILES string of the molecule is Cc1cc(F)ccc1-c1ccc(C(=O)N2CCO[C@H](CC(=O)O)C2)cc1F. The van der Waals surface area contributed by atoms with Crippen LogP contribution in [0.5, 0.6) is 0 Å². The van der Waals surface area contributed by atoms with Crippen LogP contribution in [-0.4, -0.2) is 47.7 Å². The molecule has 0 radical (unpaired) electrons. The number of aliphatic carboxylic acids is 1. The molecule has 0 aromatic heterocycles. The molecule has 142 valence electrons. The number of hydrogen-bond donors (Lipinski definition) is 1. The minimum atomic E-state index is -1.00. The number of aryl methyl sites for hydroxylation is 1. The van der Waals surface area contributed by atoms with Gasteiger partial charge in [0.2, 0.25) is 0 Å². The third-order valence-electron chi connectivity index (χ3n) is 4.52. The van der Waals surface area contributed by atoms with Crippen molar-refractivity contribution in [2.24, 2.45) is 0 Å². The van der Waals surface area contributed by atoms with Crippen molar-refractivity contribution < 1.29 is 28.2 Å². The van der Waals surface area contributed by atoms with E-state index >= 15 is 0 Å². The summed E-state index contributed by atoms with van der Waals surface area (Å²) in [5, 5.41) is 8.87. The fraction of sp³-hybridized carbons (Fsp3) is 0.300. The van der Waals surface area contributed by atoms with Crippen molar-refractivity contribution in [1.29, 1.82) is 0 Å². The summed E-state index contributed by atoms with van der Waals surface area (Å²) in [6.07, 6.45) is -0.771. The molecule has 2 aromatic carbocycles. The molecule has 7 heteroatoms. The fourth-order valence-corrected chi connectivity index (χ4v) is 3.20. The van der Waals surface area contributed by atoms with E-state index in [-0.39, 0.29) is 36.6 Å². The zero-order valence-corrected chi connectivity index (χ0v) is 14.7. The summed E-state index contributed by atoms with van der Waals surface area (Å²) >= 11 is 0. The van der Waals surface area contributed by atoms with Crippen molar-refractivity contribution in [1.82, 2.24) is 4.90 Å². The van der Waals surface area contributed by atoms with Gasteiger partial charge in [0.1, 0.15) is 11.6 Å². The number of benzene rings is 2. The van der Waals surface area contributed by atoms with Gasteiger partial charge in [-0.05, 0) is 42.3 Å². The highest BCUT2D eigenvalue weighted by atomic mass is 19.1. The first kappa shape index (κ1) is 19.0. The van der Waals surface area contributed by atoms with Gasteiger partial charge in [0, 0.05) is 24.2 Å². The quantitative estimate of drug-likeness (QED) is 0.891. The Morgan fingerprint density at radius 3 is 2.59 bits per heavy atom. The van der Waals surface area contributed by atoms with Crippen molar-refractivity contribution in [3.05, 3.63) is 59.2 Å². The first-order valence-corrected chi connectivity index (χ1v) is 8.54. The number of carboxylic acids is 1. The predicted molar refractivity (Wildman–Crippen MR) is 94.4 cm³/mol. The Balaban J connectivity index is 1.80. The molecule has 2 aromatic rings. The van der Waals surface area contributed by atoms with Gasteiger partial charge in [-0.25, -0.2) is 8.78 Å². The molecule has 0 spiro atoms. The van der Waals surface area contributed by atoms with Crippen LogP contribution in [-0.2, 0) is 9.53 Å². The van der Waals surface area contributed by atoms with Gasteiger partial charge in [-0.3, -0.25) is 9.59 Å². The van der Waals surface area contributed by atoms with Gasteiger partial charge in [0.15, 0.2) is 0 Å². The number of carboxylic acid groups (broad SMARTS) is 1. The van der Waals surface area contributed by atoms with Gasteiger partial charge in [0.05, 0.1) is 19.1 Å². The van der Waals surface area contributed by atoms with E-state index in [1.165, 1.54) is 35.2 Å². The number of hydrogen-bond acceptors (Lipinski definition) is 3. The number of halogens is 2. The maximum Gasteiger partial charge on any atom is 0.306 e. The molecule has 1 amide bonds. The maximum absolute atomic E-state index is 14.6.